The molecule has 190 valence electrons. The zero-order valence-electron chi connectivity index (χ0n) is 19.9. The molecule has 0 aliphatic carbocycles. The first-order valence-corrected chi connectivity index (χ1v) is 14.1. The lowest BCUT2D eigenvalue weighted by Gasteiger charge is -2.33. The Morgan fingerprint density at radius 2 is 1.64 bits per heavy atom. The van der Waals surface area contributed by atoms with Crippen molar-refractivity contribution < 1.29 is 18.0 Å². The van der Waals surface area contributed by atoms with Crippen molar-refractivity contribution in [2.45, 2.75) is 19.0 Å². The van der Waals surface area contributed by atoms with Crippen LogP contribution in [0.15, 0.2) is 83.3 Å². The van der Waals surface area contributed by atoms with Crippen LogP contribution in [0.3, 0.4) is 0 Å². The number of sulfonamides is 1. The first-order valence-electron chi connectivity index (χ1n) is 11.1. The van der Waals surface area contributed by atoms with E-state index in [4.69, 9.17) is 11.6 Å². The smallest absolute Gasteiger partial charge is 0.244 e. The number of rotatable bonds is 10. The van der Waals surface area contributed by atoms with Crippen LogP contribution >= 0.6 is 27.5 Å². The fraction of sp³-hybridized carbons (Fsp3) is 0.231. The number of hydrogen-bond acceptors (Lipinski definition) is 4. The van der Waals surface area contributed by atoms with Crippen LogP contribution in [0.2, 0.25) is 5.02 Å². The summed E-state index contributed by atoms with van der Waals surface area (Å²) in [7, 11) is -2.30. The normalized spacial score (nSPS) is 12.0. The number of nitrogens with one attached hydrogen (secondary N) is 1. The molecule has 0 aromatic heterocycles. The molecule has 0 fully saturated rings. The van der Waals surface area contributed by atoms with Gasteiger partial charge in [0.2, 0.25) is 21.8 Å². The minimum Gasteiger partial charge on any atom is -0.357 e. The molecule has 0 spiro atoms. The summed E-state index contributed by atoms with van der Waals surface area (Å²) in [5.41, 5.74) is 1.91. The Hall–Kier alpha value is -2.88. The second-order valence-corrected chi connectivity index (χ2v) is 11.5. The maximum atomic E-state index is 13.8. The quantitative estimate of drug-likeness (QED) is 0.381. The van der Waals surface area contributed by atoms with Crippen molar-refractivity contribution in [1.82, 2.24) is 10.2 Å². The monoisotopic (exact) mass is 591 g/mol. The summed E-state index contributed by atoms with van der Waals surface area (Å²) in [5.74, 6) is -0.882. The molecular weight excluding hydrogens is 566 g/mol. The topological polar surface area (TPSA) is 86.8 Å². The van der Waals surface area contributed by atoms with E-state index in [0.29, 0.717) is 20.7 Å². The Bertz CT molecular complexity index is 1320. The lowest BCUT2D eigenvalue weighted by atomic mass is 10.0. The number of amides is 2. The molecule has 1 unspecified atom stereocenters. The van der Waals surface area contributed by atoms with Gasteiger partial charge in [0, 0.05) is 29.5 Å². The minimum absolute atomic E-state index is 0.0698. The molecule has 0 bridgehead atoms. The Kier molecular flexibility index (Phi) is 9.53. The summed E-state index contributed by atoms with van der Waals surface area (Å²) in [6, 6.07) is 22.1. The van der Waals surface area contributed by atoms with E-state index >= 15 is 0 Å². The van der Waals surface area contributed by atoms with E-state index in [0.717, 1.165) is 16.1 Å². The Morgan fingerprint density at radius 1 is 0.972 bits per heavy atom. The molecule has 0 aliphatic rings. The van der Waals surface area contributed by atoms with Gasteiger partial charge in [-0.2, -0.15) is 0 Å². The number of benzene rings is 3. The van der Waals surface area contributed by atoms with Gasteiger partial charge in [-0.25, -0.2) is 8.42 Å². The first kappa shape index (κ1) is 27.7. The third kappa shape index (κ3) is 7.56. The predicted molar refractivity (Wildman–Crippen MR) is 146 cm³/mol. The van der Waals surface area contributed by atoms with E-state index in [1.165, 1.54) is 11.9 Å². The molecular formula is C26H27BrClN3O4S. The predicted octanol–water partition coefficient (Wildman–Crippen LogP) is 4.25. The van der Waals surface area contributed by atoms with E-state index in [1.807, 2.05) is 30.3 Å². The highest BCUT2D eigenvalue weighted by Crippen LogP contribution is 2.24. The standard InChI is InChI=1S/C26H27BrClN3O4S/c1-29-26(33)24(15-19-8-4-3-5-9-19)30(17-20-10-6-12-22(28)14-20)25(32)18-31(36(2,34)35)23-13-7-11-21(27)16-23/h3-14,16,24H,15,17-18H2,1-2H3,(H,29,33). The number of carbonyl (C=O) groups excluding carboxylic acids is 2. The van der Waals surface area contributed by atoms with E-state index in [1.54, 1.807) is 48.5 Å². The first-order chi connectivity index (χ1) is 17.1. The number of likely N-dealkylation sites (N-methyl/N-ethyl adjacent to an activating group) is 1. The van der Waals surface area contributed by atoms with Crippen molar-refractivity contribution in [2.75, 3.05) is 24.2 Å². The van der Waals surface area contributed by atoms with Crippen LogP contribution in [0.25, 0.3) is 0 Å². The zero-order valence-corrected chi connectivity index (χ0v) is 23.1. The molecule has 1 atom stereocenters. The van der Waals surface area contributed by atoms with Crippen molar-refractivity contribution in [3.05, 3.63) is 99.5 Å². The summed E-state index contributed by atoms with van der Waals surface area (Å²) >= 11 is 9.52. The van der Waals surface area contributed by atoms with Gasteiger partial charge < -0.3 is 10.2 Å². The molecule has 2 amide bonds. The van der Waals surface area contributed by atoms with E-state index < -0.39 is 28.5 Å². The van der Waals surface area contributed by atoms with E-state index in [9.17, 15) is 18.0 Å². The molecule has 10 heteroatoms. The molecule has 0 aliphatic heterocycles. The number of halogens is 2. The maximum Gasteiger partial charge on any atom is 0.244 e. The lowest BCUT2D eigenvalue weighted by molar-refractivity contribution is -0.139. The van der Waals surface area contributed by atoms with Gasteiger partial charge in [-0.3, -0.25) is 13.9 Å². The van der Waals surface area contributed by atoms with Crippen LogP contribution in [-0.2, 0) is 32.6 Å². The molecule has 36 heavy (non-hydrogen) atoms. The number of anilines is 1. The Morgan fingerprint density at radius 3 is 2.25 bits per heavy atom. The molecule has 0 radical (unpaired) electrons. The molecule has 3 rings (SSSR count). The largest absolute Gasteiger partial charge is 0.357 e. The number of carbonyl (C=O) groups is 2. The van der Waals surface area contributed by atoms with Crippen LogP contribution in [0.4, 0.5) is 5.69 Å². The van der Waals surface area contributed by atoms with Gasteiger partial charge >= 0.3 is 0 Å². The van der Waals surface area contributed by atoms with Crippen LogP contribution < -0.4 is 9.62 Å². The highest BCUT2D eigenvalue weighted by Gasteiger charge is 2.32. The van der Waals surface area contributed by atoms with Crippen LogP contribution in [-0.4, -0.2) is 51.0 Å². The third-order valence-corrected chi connectivity index (χ3v) is 7.40. The maximum absolute atomic E-state index is 13.8. The third-order valence-electron chi connectivity index (χ3n) is 5.53. The van der Waals surface area contributed by atoms with Gasteiger partial charge in [-0.1, -0.05) is 76.1 Å². The molecule has 0 heterocycles. The van der Waals surface area contributed by atoms with Gasteiger partial charge in [0.05, 0.1) is 11.9 Å². The number of hydrogen-bond donors (Lipinski definition) is 1. The minimum atomic E-state index is -3.81. The summed E-state index contributed by atoms with van der Waals surface area (Å²) in [6.45, 7) is -0.404. The lowest BCUT2D eigenvalue weighted by Crippen LogP contribution is -2.52. The summed E-state index contributed by atoms with van der Waals surface area (Å²) in [6.07, 6.45) is 1.30. The van der Waals surface area contributed by atoms with Crippen molar-refractivity contribution in [3.8, 4) is 0 Å². The van der Waals surface area contributed by atoms with Gasteiger partial charge in [0.15, 0.2) is 0 Å². The van der Waals surface area contributed by atoms with Gasteiger partial charge in [0.1, 0.15) is 12.6 Å². The molecule has 7 nitrogen and oxygen atoms in total. The fourth-order valence-electron chi connectivity index (χ4n) is 3.80. The van der Waals surface area contributed by atoms with Gasteiger partial charge in [-0.15, -0.1) is 0 Å². The second kappa shape index (κ2) is 12.4. The Labute approximate surface area is 225 Å². The zero-order chi connectivity index (χ0) is 26.3. The van der Waals surface area contributed by atoms with Crippen molar-refractivity contribution in [1.29, 1.82) is 0 Å². The average molecular weight is 593 g/mol. The average Bonchev–Trinajstić information content (AvgIpc) is 2.84. The van der Waals surface area contributed by atoms with Gasteiger partial charge in [-0.05, 0) is 41.5 Å². The van der Waals surface area contributed by atoms with Crippen LogP contribution in [0, 0.1) is 0 Å². The van der Waals surface area contributed by atoms with E-state index in [2.05, 4.69) is 21.2 Å². The SMILES string of the molecule is CNC(=O)C(Cc1ccccc1)N(Cc1cccc(Cl)c1)C(=O)CN(c1cccc(Br)c1)S(C)(=O)=O. The molecule has 3 aromatic carbocycles. The van der Waals surface area contributed by atoms with Crippen molar-refractivity contribution in [2.24, 2.45) is 0 Å². The molecule has 0 saturated carbocycles. The fourth-order valence-corrected chi connectivity index (χ4v) is 5.24. The summed E-state index contributed by atoms with van der Waals surface area (Å²) in [4.78, 5) is 28.3. The van der Waals surface area contributed by atoms with Gasteiger partial charge in [0.25, 0.3) is 0 Å². The van der Waals surface area contributed by atoms with Crippen LogP contribution in [0.5, 0.6) is 0 Å². The van der Waals surface area contributed by atoms with E-state index in [-0.39, 0.29) is 18.9 Å². The molecule has 0 saturated heterocycles. The highest BCUT2D eigenvalue weighted by atomic mass is 79.9. The molecule has 1 N–H and O–H groups in total. The highest BCUT2D eigenvalue weighted by molar-refractivity contribution is 9.10. The summed E-state index contributed by atoms with van der Waals surface area (Å²) < 4.78 is 27.1. The Balaban J connectivity index is 2.03. The van der Waals surface area contributed by atoms with Crippen molar-refractivity contribution >= 4 is 55.1 Å². The van der Waals surface area contributed by atoms with Crippen LogP contribution in [0.1, 0.15) is 11.1 Å². The molecule has 3 aromatic rings. The van der Waals surface area contributed by atoms with Crippen molar-refractivity contribution in [3.63, 3.8) is 0 Å². The second-order valence-electron chi connectivity index (χ2n) is 8.22. The number of nitrogens with zero attached hydrogens (tertiary/aromatic N) is 2. The summed E-state index contributed by atoms with van der Waals surface area (Å²) in [5, 5.41) is 3.14.